The number of hydrogen-bond donors (Lipinski definition) is 2. The second-order valence-corrected chi connectivity index (χ2v) is 5.91. The summed E-state index contributed by atoms with van der Waals surface area (Å²) in [6.45, 7) is 8.02. The molecule has 0 bridgehead atoms. The van der Waals surface area contributed by atoms with Crippen molar-refractivity contribution in [2.24, 2.45) is 4.99 Å². The van der Waals surface area contributed by atoms with Crippen LogP contribution in [0.15, 0.2) is 23.2 Å². The Hall–Kier alpha value is -0.730. The number of aliphatic imine (C=N–C) groups is 1. The molecule has 0 atom stereocenters. The molecular weight excluding hydrogens is 429 g/mol. The third kappa shape index (κ3) is 8.08. The van der Waals surface area contributed by atoms with Crippen molar-refractivity contribution in [3.05, 3.63) is 28.8 Å². The topological polar surface area (TPSA) is 54.9 Å². The van der Waals surface area contributed by atoms with E-state index in [1.165, 1.54) is 0 Å². The molecule has 1 rings (SSSR count). The molecule has 0 fully saturated rings. The van der Waals surface area contributed by atoms with Crippen molar-refractivity contribution in [2.75, 3.05) is 27.3 Å². The zero-order chi connectivity index (χ0) is 16.6. The van der Waals surface area contributed by atoms with Crippen molar-refractivity contribution in [3.63, 3.8) is 0 Å². The van der Waals surface area contributed by atoms with E-state index in [-0.39, 0.29) is 29.6 Å². The summed E-state index contributed by atoms with van der Waals surface area (Å²) in [5.74, 6) is 1.48. The molecule has 7 heteroatoms. The fourth-order valence-corrected chi connectivity index (χ4v) is 1.89. The van der Waals surface area contributed by atoms with Gasteiger partial charge in [-0.15, -0.1) is 24.0 Å². The molecule has 0 spiro atoms. The van der Waals surface area contributed by atoms with Gasteiger partial charge in [-0.25, -0.2) is 4.99 Å². The van der Waals surface area contributed by atoms with E-state index in [0.29, 0.717) is 18.1 Å². The Morgan fingerprint density at radius 3 is 2.52 bits per heavy atom. The van der Waals surface area contributed by atoms with Crippen LogP contribution in [-0.4, -0.2) is 38.9 Å². The number of guanidine groups is 1. The fourth-order valence-electron chi connectivity index (χ4n) is 1.72. The van der Waals surface area contributed by atoms with Gasteiger partial charge in [-0.1, -0.05) is 17.7 Å². The molecule has 132 valence electrons. The van der Waals surface area contributed by atoms with E-state index in [4.69, 9.17) is 21.1 Å². The summed E-state index contributed by atoms with van der Waals surface area (Å²) >= 11 is 5.97. The third-order valence-electron chi connectivity index (χ3n) is 3.24. The van der Waals surface area contributed by atoms with Gasteiger partial charge in [0.1, 0.15) is 5.75 Å². The van der Waals surface area contributed by atoms with Crippen LogP contribution < -0.4 is 15.4 Å². The van der Waals surface area contributed by atoms with E-state index < -0.39 is 0 Å². The van der Waals surface area contributed by atoms with Crippen LogP contribution in [-0.2, 0) is 11.3 Å². The van der Waals surface area contributed by atoms with Gasteiger partial charge in [0, 0.05) is 30.8 Å². The van der Waals surface area contributed by atoms with Crippen LogP contribution >= 0.6 is 35.6 Å². The Balaban J connectivity index is 0.00000484. The Morgan fingerprint density at radius 1 is 1.26 bits per heavy atom. The number of nitrogens with one attached hydrogen (secondary N) is 2. The summed E-state index contributed by atoms with van der Waals surface area (Å²) in [5, 5.41) is 7.14. The summed E-state index contributed by atoms with van der Waals surface area (Å²) < 4.78 is 10.7. The van der Waals surface area contributed by atoms with E-state index in [0.717, 1.165) is 23.8 Å². The predicted molar refractivity (Wildman–Crippen MR) is 107 cm³/mol. The molecule has 0 amide bonds. The zero-order valence-electron chi connectivity index (χ0n) is 14.4. The van der Waals surface area contributed by atoms with Crippen LogP contribution in [0, 0.1) is 0 Å². The minimum absolute atomic E-state index is 0. The van der Waals surface area contributed by atoms with Gasteiger partial charge in [0.05, 0.1) is 19.3 Å². The maximum atomic E-state index is 5.97. The molecule has 1 aromatic rings. The average molecular weight is 456 g/mol. The quantitative estimate of drug-likeness (QED) is 0.376. The lowest BCUT2D eigenvalue weighted by atomic mass is 10.1. The highest BCUT2D eigenvalue weighted by molar-refractivity contribution is 14.0. The van der Waals surface area contributed by atoms with Crippen molar-refractivity contribution in [2.45, 2.75) is 32.9 Å². The first kappa shape index (κ1) is 22.3. The predicted octanol–water partition coefficient (Wildman–Crippen LogP) is 3.45. The monoisotopic (exact) mass is 455 g/mol. The van der Waals surface area contributed by atoms with Crippen LogP contribution in [0.2, 0.25) is 5.02 Å². The smallest absolute Gasteiger partial charge is 0.191 e. The molecule has 0 aliphatic carbocycles. The second kappa shape index (κ2) is 10.9. The van der Waals surface area contributed by atoms with Crippen LogP contribution in [0.5, 0.6) is 5.75 Å². The van der Waals surface area contributed by atoms with Crippen molar-refractivity contribution >= 4 is 41.5 Å². The van der Waals surface area contributed by atoms with Crippen LogP contribution in [0.3, 0.4) is 0 Å². The molecule has 0 heterocycles. The molecule has 0 saturated carbocycles. The number of hydrogen-bond acceptors (Lipinski definition) is 3. The number of rotatable bonds is 7. The fraction of sp³-hybridized carbons (Fsp3) is 0.562. The van der Waals surface area contributed by atoms with Crippen molar-refractivity contribution < 1.29 is 9.47 Å². The summed E-state index contributed by atoms with van der Waals surface area (Å²) in [4.78, 5) is 4.58. The largest absolute Gasteiger partial charge is 0.496 e. The van der Waals surface area contributed by atoms with E-state index in [9.17, 15) is 0 Å². The molecule has 0 aliphatic heterocycles. The van der Waals surface area contributed by atoms with Gasteiger partial charge in [-0.3, -0.25) is 0 Å². The lowest BCUT2D eigenvalue weighted by Gasteiger charge is -2.24. The van der Waals surface area contributed by atoms with Gasteiger partial charge < -0.3 is 20.1 Å². The summed E-state index contributed by atoms with van der Waals surface area (Å²) in [6, 6.07) is 5.55. The van der Waals surface area contributed by atoms with E-state index >= 15 is 0 Å². The van der Waals surface area contributed by atoms with Crippen molar-refractivity contribution in [3.8, 4) is 5.75 Å². The highest BCUT2D eigenvalue weighted by atomic mass is 127. The third-order valence-corrected chi connectivity index (χ3v) is 3.47. The standard InChI is InChI=1S/C16H26ClN3O2.HI/c1-6-18-15(20-11-16(2,3)22-5)19-10-12-7-8-13(17)9-14(12)21-4;/h7-9H,6,10-11H2,1-5H3,(H2,18,19,20);1H. The maximum absolute atomic E-state index is 5.97. The molecule has 0 radical (unpaired) electrons. The van der Waals surface area contributed by atoms with Gasteiger partial charge in [-0.05, 0) is 32.9 Å². The highest BCUT2D eigenvalue weighted by Gasteiger charge is 2.16. The number of ether oxygens (including phenoxy) is 2. The molecule has 0 aliphatic rings. The normalized spacial score (nSPS) is 11.7. The minimum atomic E-state index is -0.256. The zero-order valence-corrected chi connectivity index (χ0v) is 17.5. The van der Waals surface area contributed by atoms with Crippen molar-refractivity contribution in [1.29, 1.82) is 0 Å². The second-order valence-electron chi connectivity index (χ2n) is 5.47. The number of nitrogens with zero attached hydrogens (tertiary/aromatic N) is 1. The first-order chi connectivity index (χ1) is 10.4. The van der Waals surface area contributed by atoms with Crippen LogP contribution in [0.25, 0.3) is 0 Å². The first-order valence-corrected chi connectivity index (χ1v) is 7.69. The highest BCUT2D eigenvalue weighted by Crippen LogP contribution is 2.23. The summed E-state index contributed by atoms with van der Waals surface area (Å²) in [7, 11) is 3.33. The van der Waals surface area contributed by atoms with Gasteiger partial charge in [0.2, 0.25) is 0 Å². The van der Waals surface area contributed by atoms with Gasteiger partial charge in [0.25, 0.3) is 0 Å². The molecule has 5 nitrogen and oxygen atoms in total. The van der Waals surface area contributed by atoms with Crippen molar-refractivity contribution in [1.82, 2.24) is 10.6 Å². The SMILES string of the molecule is CCNC(=NCc1ccc(Cl)cc1OC)NCC(C)(C)OC.I. The van der Waals surface area contributed by atoms with Crippen LogP contribution in [0.1, 0.15) is 26.3 Å². The number of halogens is 2. The Morgan fingerprint density at radius 2 is 1.96 bits per heavy atom. The maximum Gasteiger partial charge on any atom is 0.191 e. The lowest BCUT2D eigenvalue weighted by Crippen LogP contribution is -2.45. The van der Waals surface area contributed by atoms with Gasteiger partial charge in [-0.2, -0.15) is 0 Å². The Kier molecular flexibility index (Phi) is 10.6. The van der Waals surface area contributed by atoms with Crippen LogP contribution in [0.4, 0.5) is 0 Å². The molecule has 0 aromatic heterocycles. The molecule has 23 heavy (non-hydrogen) atoms. The number of methoxy groups -OCH3 is 2. The summed E-state index contributed by atoms with van der Waals surface area (Å²) in [5.41, 5.74) is 0.726. The number of benzene rings is 1. The molecule has 1 aromatic carbocycles. The molecule has 0 saturated heterocycles. The molecular formula is C16H27ClIN3O2. The minimum Gasteiger partial charge on any atom is -0.496 e. The van der Waals surface area contributed by atoms with Gasteiger partial charge in [0.15, 0.2) is 5.96 Å². The Labute approximate surface area is 161 Å². The lowest BCUT2D eigenvalue weighted by molar-refractivity contribution is 0.0268. The molecule has 0 unspecified atom stereocenters. The summed E-state index contributed by atoms with van der Waals surface area (Å²) in [6.07, 6.45) is 0. The van der Waals surface area contributed by atoms with E-state index in [1.54, 1.807) is 20.3 Å². The first-order valence-electron chi connectivity index (χ1n) is 7.31. The molecule has 2 N–H and O–H groups in total. The van der Waals surface area contributed by atoms with E-state index in [2.05, 4.69) is 15.6 Å². The average Bonchev–Trinajstić information content (AvgIpc) is 2.50. The van der Waals surface area contributed by atoms with Gasteiger partial charge >= 0.3 is 0 Å². The Bertz CT molecular complexity index is 510. The van der Waals surface area contributed by atoms with E-state index in [1.807, 2.05) is 32.9 Å².